The van der Waals surface area contributed by atoms with Gasteiger partial charge in [0.1, 0.15) is 11.8 Å². The normalized spacial score (nSPS) is 13.9. The van der Waals surface area contributed by atoms with Crippen molar-refractivity contribution in [3.63, 3.8) is 0 Å². The van der Waals surface area contributed by atoms with Crippen molar-refractivity contribution in [2.24, 2.45) is 5.14 Å². The van der Waals surface area contributed by atoms with Gasteiger partial charge in [0, 0.05) is 11.4 Å². The van der Waals surface area contributed by atoms with Gasteiger partial charge in [-0.15, -0.1) is 0 Å². The second kappa shape index (κ2) is 8.04. The van der Waals surface area contributed by atoms with E-state index in [9.17, 15) is 8.42 Å². The van der Waals surface area contributed by atoms with Crippen LogP contribution >= 0.6 is 11.8 Å². The molecule has 2 N–H and O–H groups in total. The molecule has 4 rings (SSSR count). The Labute approximate surface area is 175 Å². The largest absolute Gasteiger partial charge is 0.303 e. The van der Waals surface area contributed by atoms with Crippen LogP contribution in [0.2, 0.25) is 0 Å². The molecule has 1 aromatic carbocycles. The minimum Gasteiger partial charge on any atom is -0.303 e. The van der Waals surface area contributed by atoms with Crippen LogP contribution in [-0.4, -0.2) is 33.7 Å². The Bertz CT molecular complexity index is 1170. The van der Waals surface area contributed by atoms with Crippen LogP contribution in [-0.2, 0) is 35.8 Å². The SMILES string of the molecule is CCc1cc2c(cc1Sc1nc3c(C)ncnc3n1CCCS(N)(=O)=O)CCC2. The van der Waals surface area contributed by atoms with Gasteiger partial charge in [-0.05, 0) is 61.8 Å². The first-order valence-corrected chi connectivity index (χ1v) is 12.4. The number of benzene rings is 1. The number of aryl methyl sites for hydroxylation is 5. The van der Waals surface area contributed by atoms with Crippen LogP contribution in [0.4, 0.5) is 0 Å². The lowest BCUT2D eigenvalue weighted by atomic mass is 10.0. The fourth-order valence-corrected chi connectivity index (χ4v) is 5.54. The Morgan fingerprint density at radius 1 is 1.21 bits per heavy atom. The molecule has 0 spiro atoms. The van der Waals surface area contributed by atoms with Crippen LogP contribution in [0.5, 0.6) is 0 Å². The van der Waals surface area contributed by atoms with Crippen molar-refractivity contribution in [3.8, 4) is 0 Å². The van der Waals surface area contributed by atoms with Crippen molar-refractivity contribution in [1.29, 1.82) is 0 Å². The second-order valence-electron chi connectivity index (χ2n) is 7.44. The molecule has 0 saturated heterocycles. The number of nitrogens with zero attached hydrogens (tertiary/aromatic N) is 4. The molecule has 0 fully saturated rings. The van der Waals surface area contributed by atoms with Crippen molar-refractivity contribution in [2.45, 2.75) is 62.5 Å². The van der Waals surface area contributed by atoms with Crippen LogP contribution in [0, 0.1) is 6.92 Å². The van der Waals surface area contributed by atoms with Crippen molar-refractivity contribution in [2.75, 3.05) is 5.75 Å². The summed E-state index contributed by atoms with van der Waals surface area (Å²) in [5.74, 6) is -0.0695. The molecule has 9 heteroatoms. The van der Waals surface area contributed by atoms with E-state index in [0.717, 1.165) is 41.3 Å². The Kier molecular flexibility index (Phi) is 5.63. The molecule has 7 nitrogen and oxygen atoms in total. The molecule has 0 bridgehead atoms. The fraction of sp³-hybridized carbons (Fsp3) is 0.450. The maximum atomic E-state index is 11.4. The van der Waals surface area contributed by atoms with Crippen molar-refractivity contribution >= 4 is 32.9 Å². The van der Waals surface area contributed by atoms with Crippen LogP contribution in [0.25, 0.3) is 11.2 Å². The first-order valence-electron chi connectivity index (χ1n) is 9.86. The van der Waals surface area contributed by atoms with Gasteiger partial charge < -0.3 is 4.57 Å². The summed E-state index contributed by atoms with van der Waals surface area (Å²) >= 11 is 1.63. The van der Waals surface area contributed by atoms with Gasteiger partial charge in [-0.25, -0.2) is 28.5 Å². The molecule has 2 heterocycles. The Hall–Kier alpha value is -1.97. The van der Waals surface area contributed by atoms with Gasteiger partial charge in [0.15, 0.2) is 10.8 Å². The smallest absolute Gasteiger partial charge is 0.209 e. The maximum absolute atomic E-state index is 11.4. The molecule has 2 aromatic heterocycles. The van der Waals surface area contributed by atoms with E-state index < -0.39 is 10.0 Å². The third-order valence-electron chi connectivity index (χ3n) is 5.35. The van der Waals surface area contributed by atoms with E-state index in [4.69, 9.17) is 10.1 Å². The number of primary sulfonamides is 1. The van der Waals surface area contributed by atoms with Gasteiger partial charge in [-0.2, -0.15) is 0 Å². The van der Waals surface area contributed by atoms with Gasteiger partial charge in [0.25, 0.3) is 0 Å². The highest BCUT2D eigenvalue weighted by molar-refractivity contribution is 7.99. The molecular weight excluding hydrogens is 406 g/mol. The number of hydrogen-bond acceptors (Lipinski definition) is 6. The molecule has 0 amide bonds. The van der Waals surface area contributed by atoms with Crippen molar-refractivity contribution < 1.29 is 8.42 Å². The third-order valence-corrected chi connectivity index (χ3v) is 7.30. The zero-order valence-electron chi connectivity index (χ0n) is 16.7. The quantitative estimate of drug-likeness (QED) is 0.617. The maximum Gasteiger partial charge on any atom is 0.209 e. The highest BCUT2D eigenvalue weighted by Gasteiger charge is 2.19. The number of fused-ring (bicyclic) bond motifs is 2. The van der Waals surface area contributed by atoms with Crippen LogP contribution in [0.15, 0.2) is 28.5 Å². The van der Waals surface area contributed by atoms with Gasteiger partial charge >= 0.3 is 0 Å². The Morgan fingerprint density at radius 2 is 1.97 bits per heavy atom. The van der Waals surface area contributed by atoms with Crippen LogP contribution in [0.3, 0.4) is 0 Å². The zero-order chi connectivity index (χ0) is 20.6. The van der Waals surface area contributed by atoms with E-state index in [1.165, 1.54) is 34.3 Å². The Balaban J connectivity index is 1.73. The summed E-state index contributed by atoms with van der Waals surface area (Å²) in [4.78, 5) is 14.7. The topological polar surface area (TPSA) is 104 Å². The molecular formula is C20H25N5O2S2. The molecule has 3 aromatic rings. The lowest BCUT2D eigenvalue weighted by Gasteiger charge is -2.12. The van der Waals surface area contributed by atoms with Crippen molar-refractivity contribution in [3.05, 3.63) is 40.8 Å². The van der Waals surface area contributed by atoms with Gasteiger partial charge in [-0.1, -0.05) is 24.8 Å². The number of imidazole rings is 1. The van der Waals surface area contributed by atoms with E-state index in [2.05, 4.69) is 29.0 Å². The predicted octanol–water partition coefficient (Wildman–Crippen LogP) is 3.02. The van der Waals surface area contributed by atoms with E-state index in [1.54, 1.807) is 11.8 Å². The standard InChI is InChI=1S/C20H25N5O2S2/c1-3-14-10-15-6-4-7-16(15)11-17(14)28-20-24-18-13(2)22-12-23-19(18)25(20)8-5-9-29(21,26)27/h10-12H,3-9H2,1-2H3,(H2,21,26,27). The molecule has 1 aliphatic rings. The summed E-state index contributed by atoms with van der Waals surface area (Å²) in [6, 6.07) is 4.64. The lowest BCUT2D eigenvalue weighted by molar-refractivity contribution is 0.582. The molecule has 0 saturated carbocycles. The summed E-state index contributed by atoms with van der Waals surface area (Å²) < 4.78 is 24.7. The lowest BCUT2D eigenvalue weighted by Crippen LogP contribution is -2.18. The minimum atomic E-state index is -3.50. The fourth-order valence-electron chi connectivity index (χ4n) is 3.85. The Morgan fingerprint density at radius 3 is 2.69 bits per heavy atom. The van der Waals surface area contributed by atoms with Gasteiger partial charge in [-0.3, -0.25) is 0 Å². The summed E-state index contributed by atoms with van der Waals surface area (Å²) in [5.41, 5.74) is 6.51. The van der Waals surface area contributed by atoms with E-state index in [0.29, 0.717) is 13.0 Å². The number of rotatable bonds is 7. The number of nitrogens with two attached hydrogens (primary N) is 1. The molecule has 154 valence electrons. The molecule has 0 radical (unpaired) electrons. The highest BCUT2D eigenvalue weighted by atomic mass is 32.2. The van der Waals surface area contributed by atoms with E-state index >= 15 is 0 Å². The summed E-state index contributed by atoms with van der Waals surface area (Å²) in [6.45, 7) is 4.57. The number of sulfonamides is 1. The van der Waals surface area contributed by atoms with E-state index in [1.807, 2.05) is 11.5 Å². The number of aromatic nitrogens is 4. The zero-order valence-corrected chi connectivity index (χ0v) is 18.3. The molecule has 0 aliphatic heterocycles. The van der Waals surface area contributed by atoms with Crippen molar-refractivity contribution in [1.82, 2.24) is 19.5 Å². The van der Waals surface area contributed by atoms with Gasteiger partial charge in [0.05, 0.1) is 11.4 Å². The summed E-state index contributed by atoms with van der Waals surface area (Å²) in [5, 5.41) is 5.99. The summed E-state index contributed by atoms with van der Waals surface area (Å²) in [6.07, 6.45) is 6.40. The first kappa shape index (κ1) is 20.3. The average molecular weight is 432 g/mol. The second-order valence-corrected chi connectivity index (χ2v) is 10.2. The highest BCUT2D eigenvalue weighted by Crippen LogP contribution is 2.36. The molecule has 0 atom stereocenters. The monoisotopic (exact) mass is 431 g/mol. The number of hydrogen-bond donors (Lipinski definition) is 1. The first-order chi connectivity index (χ1) is 13.9. The third kappa shape index (κ3) is 4.31. The minimum absolute atomic E-state index is 0.0695. The molecule has 0 unspecified atom stereocenters. The average Bonchev–Trinajstić information content (AvgIpc) is 3.25. The van der Waals surface area contributed by atoms with Crippen LogP contribution in [0.1, 0.15) is 42.1 Å². The van der Waals surface area contributed by atoms with Gasteiger partial charge in [0.2, 0.25) is 10.0 Å². The summed E-state index contributed by atoms with van der Waals surface area (Å²) in [7, 11) is -3.50. The molecule has 29 heavy (non-hydrogen) atoms. The van der Waals surface area contributed by atoms with Crippen LogP contribution < -0.4 is 5.14 Å². The van der Waals surface area contributed by atoms with E-state index in [-0.39, 0.29) is 5.75 Å². The molecule has 1 aliphatic carbocycles. The predicted molar refractivity (Wildman–Crippen MR) is 115 cm³/mol.